The smallest absolute Gasteiger partial charge is 0.248 e. The molecule has 0 fully saturated rings. The second-order valence-electron chi connectivity index (χ2n) is 13.2. The monoisotopic (exact) mass is 693 g/mol. The standard InChI is InChI=1S/C42H63NO7/c1-29(41(47)43-34(6)44)27-25-23-21-19-17-15-13-12-14-16-18-20-22-24-26-28-30(2)42(7,8)33(5)31(3)36(45)35-32(4)38(48-9)40(50-11)39(49-10)37(35)46/h12-13,18-21,26-28,30,34,44,46H,14-17,22-25H2,1-11H3,(H,43,47)/b13-12+,20-18+,21-19+,28-26+,29-27+,33-31+. The molecular formula is C42H63NO7. The number of phenolic OH excluding ortho intramolecular Hbond substituents is 1. The van der Waals surface area contributed by atoms with Gasteiger partial charge in [-0.25, -0.2) is 0 Å². The first-order valence-corrected chi connectivity index (χ1v) is 17.7. The maximum Gasteiger partial charge on any atom is 0.248 e. The lowest BCUT2D eigenvalue weighted by Gasteiger charge is -2.33. The highest BCUT2D eigenvalue weighted by molar-refractivity contribution is 6.12. The van der Waals surface area contributed by atoms with Gasteiger partial charge in [-0.05, 0) is 103 Å². The molecule has 2 unspecified atom stereocenters. The van der Waals surface area contributed by atoms with Crippen LogP contribution >= 0.6 is 0 Å². The Morgan fingerprint density at radius 2 is 1.18 bits per heavy atom. The lowest BCUT2D eigenvalue weighted by atomic mass is 9.72. The fourth-order valence-electron chi connectivity index (χ4n) is 5.48. The molecule has 2 atom stereocenters. The van der Waals surface area contributed by atoms with Crippen molar-refractivity contribution in [2.75, 3.05) is 21.3 Å². The molecule has 8 heteroatoms. The van der Waals surface area contributed by atoms with Crippen molar-refractivity contribution in [1.29, 1.82) is 0 Å². The third kappa shape index (κ3) is 13.3. The third-order valence-corrected chi connectivity index (χ3v) is 9.33. The number of allylic oxidation sites excluding steroid dienone is 11. The Morgan fingerprint density at radius 3 is 1.62 bits per heavy atom. The number of benzene rings is 1. The highest BCUT2D eigenvalue weighted by Gasteiger charge is 2.32. The summed E-state index contributed by atoms with van der Waals surface area (Å²) < 4.78 is 16.3. The molecule has 1 aromatic rings. The number of phenols is 1. The number of aliphatic hydroxyl groups is 1. The maximum atomic E-state index is 13.8. The normalized spacial score (nSPS) is 14.4. The van der Waals surface area contributed by atoms with Crippen LogP contribution < -0.4 is 19.5 Å². The minimum atomic E-state index is -0.839. The number of aliphatic hydroxyl groups excluding tert-OH is 1. The van der Waals surface area contributed by atoms with E-state index in [2.05, 4.69) is 74.7 Å². The SMILES string of the molecule is COc1c(C)c(C(=O)/C(C)=C(\C)C(C)(C)C(C)/C=C/CC/C=C/CC/C=C/CC/C=C/CC/C=C(\C)C(=O)NC(C)O)c(O)c(OC)c1OC. The van der Waals surface area contributed by atoms with Crippen molar-refractivity contribution in [2.24, 2.45) is 11.3 Å². The number of hydrogen-bond acceptors (Lipinski definition) is 7. The van der Waals surface area contributed by atoms with Crippen LogP contribution in [0.25, 0.3) is 0 Å². The van der Waals surface area contributed by atoms with Crippen molar-refractivity contribution in [3.8, 4) is 23.0 Å². The summed E-state index contributed by atoms with van der Waals surface area (Å²) in [4.78, 5) is 25.5. The zero-order valence-corrected chi connectivity index (χ0v) is 32.4. The summed E-state index contributed by atoms with van der Waals surface area (Å²) in [5, 5.41) is 22.7. The number of unbranched alkanes of at least 4 members (excludes halogenated alkanes) is 4. The molecule has 0 heterocycles. The van der Waals surface area contributed by atoms with Crippen LogP contribution in [-0.2, 0) is 4.79 Å². The number of aromatic hydroxyl groups is 1. The van der Waals surface area contributed by atoms with Gasteiger partial charge in [0.2, 0.25) is 17.4 Å². The molecule has 0 radical (unpaired) electrons. The molecule has 0 aliphatic heterocycles. The Balaban J connectivity index is 2.56. The van der Waals surface area contributed by atoms with Gasteiger partial charge in [-0.2, -0.15) is 0 Å². The molecule has 0 spiro atoms. The number of amides is 1. The Bertz CT molecular complexity index is 1410. The highest BCUT2D eigenvalue weighted by atomic mass is 16.5. The van der Waals surface area contributed by atoms with Crippen molar-refractivity contribution in [2.45, 2.75) is 113 Å². The number of methoxy groups -OCH3 is 3. The van der Waals surface area contributed by atoms with Gasteiger partial charge in [-0.3, -0.25) is 9.59 Å². The van der Waals surface area contributed by atoms with Gasteiger partial charge in [-0.15, -0.1) is 0 Å². The van der Waals surface area contributed by atoms with Crippen molar-refractivity contribution in [3.63, 3.8) is 0 Å². The minimum Gasteiger partial charge on any atom is -0.504 e. The number of nitrogens with one attached hydrogen (secondary N) is 1. The summed E-state index contributed by atoms with van der Waals surface area (Å²) in [5.74, 6) is 0.0986. The summed E-state index contributed by atoms with van der Waals surface area (Å²) in [7, 11) is 4.38. The van der Waals surface area contributed by atoms with Gasteiger partial charge in [0, 0.05) is 11.1 Å². The first-order chi connectivity index (χ1) is 23.7. The fourth-order valence-corrected chi connectivity index (χ4v) is 5.48. The zero-order chi connectivity index (χ0) is 37.9. The van der Waals surface area contributed by atoms with E-state index in [1.54, 1.807) is 13.8 Å². The van der Waals surface area contributed by atoms with E-state index in [9.17, 15) is 19.8 Å². The average molecular weight is 694 g/mol. The quantitative estimate of drug-likeness (QED) is 0.0364. The van der Waals surface area contributed by atoms with Crippen molar-refractivity contribution in [3.05, 3.63) is 82.5 Å². The van der Waals surface area contributed by atoms with Crippen LogP contribution in [0.3, 0.4) is 0 Å². The summed E-state index contributed by atoms with van der Waals surface area (Å²) in [5.41, 5.74) is 2.51. The molecule has 50 heavy (non-hydrogen) atoms. The van der Waals surface area contributed by atoms with E-state index in [4.69, 9.17) is 14.2 Å². The molecule has 1 amide bonds. The maximum absolute atomic E-state index is 13.8. The van der Waals surface area contributed by atoms with Crippen LogP contribution in [0.2, 0.25) is 0 Å². The lowest BCUT2D eigenvalue weighted by Crippen LogP contribution is -2.32. The van der Waals surface area contributed by atoms with Crippen LogP contribution in [-0.4, -0.2) is 49.5 Å². The average Bonchev–Trinajstić information content (AvgIpc) is 3.07. The number of ketones is 1. The van der Waals surface area contributed by atoms with Crippen molar-refractivity contribution >= 4 is 11.7 Å². The van der Waals surface area contributed by atoms with Gasteiger partial charge < -0.3 is 29.7 Å². The number of carbonyl (C=O) groups is 2. The van der Waals surface area contributed by atoms with E-state index < -0.39 is 6.23 Å². The summed E-state index contributed by atoms with van der Waals surface area (Å²) in [6.07, 6.45) is 26.5. The van der Waals surface area contributed by atoms with Gasteiger partial charge in [0.1, 0.15) is 6.23 Å². The lowest BCUT2D eigenvalue weighted by molar-refractivity contribution is -0.120. The predicted octanol–water partition coefficient (Wildman–Crippen LogP) is 9.65. The molecule has 0 bridgehead atoms. The first-order valence-electron chi connectivity index (χ1n) is 17.7. The largest absolute Gasteiger partial charge is 0.504 e. The van der Waals surface area contributed by atoms with Gasteiger partial charge in [0.25, 0.3) is 0 Å². The van der Waals surface area contributed by atoms with Crippen molar-refractivity contribution < 1.29 is 34.0 Å². The second-order valence-corrected chi connectivity index (χ2v) is 13.2. The van der Waals surface area contributed by atoms with Gasteiger partial charge in [0.05, 0.1) is 26.9 Å². The Kier molecular flexibility index (Phi) is 19.9. The summed E-state index contributed by atoms with van der Waals surface area (Å²) >= 11 is 0. The Hall–Kier alpha value is -4.04. The predicted molar refractivity (Wildman–Crippen MR) is 205 cm³/mol. The molecule has 0 saturated carbocycles. The number of ether oxygens (including phenoxy) is 3. The molecule has 3 N–H and O–H groups in total. The van der Waals surface area contributed by atoms with E-state index in [0.717, 1.165) is 56.9 Å². The molecule has 0 aliphatic carbocycles. The van der Waals surface area contributed by atoms with E-state index in [0.29, 0.717) is 22.5 Å². The molecule has 278 valence electrons. The Labute approximate surface area is 301 Å². The van der Waals surface area contributed by atoms with E-state index >= 15 is 0 Å². The van der Waals surface area contributed by atoms with Gasteiger partial charge in [0.15, 0.2) is 17.3 Å². The number of carbonyl (C=O) groups excluding carboxylic acids is 2. The summed E-state index contributed by atoms with van der Waals surface area (Å²) in [6, 6.07) is 0. The van der Waals surface area contributed by atoms with Gasteiger partial charge in [-0.1, -0.05) is 81.0 Å². The van der Waals surface area contributed by atoms with E-state index in [1.807, 2.05) is 19.9 Å². The molecule has 0 saturated heterocycles. The number of Topliss-reactive ketones (excluding diaryl/α,β-unsaturated/α-hetero) is 1. The third-order valence-electron chi connectivity index (χ3n) is 9.33. The fraction of sp³-hybridized carbons (Fsp3) is 0.524. The summed E-state index contributed by atoms with van der Waals surface area (Å²) in [6.45, 7) is 15.3. The number of rotatable bonds is 22. The van der Waals surface area contributed by atoms with Crippen LogP contribution in [0.5, 0.6) is 23.0 Å². The molecule has 8 nitrogen and oxygen atoms in total. The molecule has 0 aliphatic rings. The highest BCUT2D eigenvalue weighted by Crippen LogP contribution is 2.50. The van der Waals surface area contributed by atoms with Crippen LogP contribution in [0.1, 0.15) is 116 Å². The number of hydrogen-bond donors (Lipinski definition) is 3. The van der Waals surface area contributed by atoms with Crippen LogP contribution in [0, 0.1) is 18.3 Å². The second kappa shape index (κ2) is 22.6. The zero-order valence-electron chi connectivity index (χ0n) is 32.4. The molecule has 0 aromatic heterocycles. The van der Waals surface area contributed by atoms with E-state index in [-0.39, 0.29) is 45.8 Å². The van der Waals surface area contributed by atoms with Crippen LogP contribution in [0.15, 0.2) is 71.4 Å². The Morgan fingerprint density at radius 1 is 0.740 bits per heavy atom. The minimum absolute atomic E-state index is 0.0708. The molecule has 1 rings (SSSR count). The molecular weight excluding hydrogens is 630 g/mol. The van der Waals surface area contributed by atoms with Crippen molar-refractivity contribution in [1.82, 2.24) is 5.32 Å². The molecule has 1 aromatic carbocycles. The van der Waals surface area contributed by atoms with Crippen LogP contribution in [0.4, 0.5) is 0 Å². The topological polar surface area (TPSA) is 114 Å². The van der Waals surface area contributed by atoms with Gasteiger partial charge >= 0.3 is 0 Å². The first kappa shape index (κ1) is 44.0. The van der Waals surface area contributed by atoms with E-state index in [1.165, 1.54) is 28.3 Å².